The highest BCUT2D eigenvalue weighted by Gasteiger charge is 2.13. The van der Waals surface area contributed by atoms with Gasteiger partial charge in [0.15, 0.2) is 5.96 Å². The van der Waals surface area contributed by atoms with E-state index in [1.165, 1.54) is 32.4 Å². The van der Waals surface area contributed by atoms with Crippen LogP contribution in [0.1, 0.15) is 31.7 Å². The average Bonchev–Trinajstić information content (AvgIpc) is 2.74. The first-order valence-corrected chi connectivity index (χ1v) is 10.2. The van der Waals surface area contributed by atoms with E-state index in [2.05, 4.69) is 22.5 Å². The van der Waals surface area contributed by atoms with E-state index in [-0.39, 0.29) is 24.0 Å². The number of rotatable bonds is 10. The second-order valence-electron chi connectivity index (χ2n) is 6.85. The topological polar surface area (TPSA) is 67.4 Å². The summed E-state index contributed by atoms with van der Waals surface area (Å²) < 4.78 is 16.4. The van der Waals surface area contributed by atoms with Gasteiger partial charge >= 0.3 is 0 Å². The molecule has 1 aromatic carbocycles. The van der Waals surface area contributed by atoms with Crippen molar-refractivity contribution in [1.82, 2.24) is 15.5 Å². The van der Waals surface area contributed by atoms with Gasteiger partial charge in [-0.3, -0.25) is 4.99 Å². The lowest BCUT2D eigenvalue weighted by Gasteiger charge is -2.25. The minimum Gasteiger partial charge on any atom is -0.496 e. The molecule has 166 valence electrons. The Morgan fingerprint density at radius 2 is 1.66 bits per heavy atom. The predicted molar refractivity (Wildman–Crippen MR) is 129 cm³/mol. The van der Waals surface area contributed by atoms with Gasteiger partial charge in [0.25, 0.3) is 0 Å². The molecule has 1 saturated heterocycles. The number of nitrogens with zero attached hydrogens (tertiary/aromatic N) is 2. The van der Waals surface area contributed by atoms with E-state index in [4.69, 9.17) is 19.2 Å². The zero-order chi connectivity index (χ0) is 20.2. The summed E-state index contributed by atoms with van der Waals surface area (Å²) in [5.41, 5.74) is 1.02. The quantitative estimate of drug-likeness (QED) is 0.281. The fraction of sp³-hybridized carbons (Fsp3) is 0.667. The van der Waals surface area contributed by atoms with Crippen molar-refractivity contribution in [3.05, 3.63) is 17.7 Å². The van der Waals surface area contributed by atoms with Crippen molar-refractivity contribution < 1.29 is 14.2 Å². The van der Waals surface area contributed by atoms with Crippen molar-refractivity contribution in [1.29, 1.82) is 0 Å². The summed E-state index contributed by atoms with van der Waals surface area (Å²) in [4.78, 5) is 7.23. The highest BCUT2D eigenvalue weighted by Crippen LogP contribution is 2.34. The van der Waals surface area contributed by atoms with Crippen LogP contribution in [0, 0.1) is 0 Å². The van der Waals surface area contributed by atoms with Crippen molar-refractivity contribution >= 4 is 29.9 Å². The summed E-state index contributed by atoms with van der Waals surface area (Å²) >= 11 is 0. The molecule has 0 aliphatic carbocycles. The molecular weight excluding hydrogens is 483 g/mol. The molecule has 0 bridgehead atoms. The Morgan fingerprint density at radius 3 is 2.21 bits per heavy atom. The fourth-order valence-electron chi connectivity index (χ4n) is 3.46. The van der Waals surface area contributed by atoms with Crippen LogP contribution in [-0.4, -0.2) is 71.5 Å². The molecule has 1 aromatic rings. The minimum atomic E-state index is 0. The van der Waals surface area contributed by atoms with Crippen LogP contribution in [0.5, 0.6) is 17.2 Å². The molecule has 2 N–H and O–H groups in total. The van der Waals surface area contributed by atoms with E-state index < -0.39 is 0 Å². The predicted octanol–water partition coefficient (Wildman–Crippen LogP) is 2.91. The highest BCUT2D eigenvalue weighted by atomic mass is 127. The molecule has 2 rings (SSSR count). The van der Waals surface area contributed by atoms with Gasteiger partial charge in [-0.05, 0) is 39.3 Å². The average molecular weight is 520 g/mol. The number of methoxy groups -OCH3 is 3. The third kappa shape index (κ3) is 8.46. The van der Waals surface area contributed by atoms with Gasteiger partial charge in [0.2, 0.25) is 0 Å². The number of guanidine groups is 1. The zero-order valence-corrected chi connectivity index (χ0v) is 20.6. The molecule has 1 aliphatic rings. The van der Waals surface area contributed by atoms with Gasteiger partial charge in [0.05, 0.1) is 27.9 Å². The van der Waals surface area contributed by atoms with Crippen LogP contribution in [-0.2, 0) is 6.42 Å². The summed E-state index contributed by atoms with van der Waals surface area (Å²) in [6, 6.07) is 3.77. The summed E-state index contributed by atoms with van der Waals surface area (Å²) in [5, 5.41) is 6.74. The Labute approximate surface area is 192 Å². The fourth-order valence-corrected chi connectivity index (χ4v) is 3.46. The molecule has 0 aromatic heterocycles. The number of aliphatic imine (C=N–C) groups is 1. The zero-order valence-electron chi connectivity index (χ0n) is 18.3. The van der Waals surface area contributed by atoms with Gasteiger partial charge in [-0.15, -0.1) is 24.0 Å². The highest BCUT2D eigenvalue weighted by molar-refractivity contribution is 14.0. The molecule has 1 heterocycles. The molecular formula is C21H37IN4O3. The normalized spacial score (nSPS) is 14.7. The number of benzene rings is 1. The Bertz CT molecular complexity index is 597. The molecule has 29 heavy (non-hydrogen) atoms. The van der Waals surface area contributed by atoms with Crippen molar-refractivity contribution in [2.75, 3.05) is 60.6 Å². The van der Waals surface area contributed by atoms with Crippen LogP contribution in [0.25, 0.3) is 0 Å². The van der Waals surface area contributed by atoms with Crippen molar-refractivity contribution in [3.8, 4) is 17.2 Å². The largest absolute Gasteiger partial charge is 0.496 e. The third-order valence-electron chi connectivity index (χ3n) is 4.96. The number of halogens is 1. The van der Waals surface area contributed by atoms with E-state index in [1.54, 1.807) is 21.3 Å². The summed E-state index contributed by atoms with van der Waals surface area (Å²) in [7, 11) is 4.97. The molecule has 7 nitrogen and oxygen atoms in total. The van der Waals surface area contributed by atoms with Gasteiger partial charge < -0.3 is 29.7 Å². The molecule has 8 heteroatoms. The van der Waals surface area contributed by atoms with E-state index in [0.717, 1.165) is 61.4 Å². The molecule has 0 unspecified atom stereocenters. The van der Waals surface area contributed by atoms with Crippen molar-refractivity contribution in [2.45, 2.75) is 32.6 Å². The van der Waals surface area contributed by atoms with Crippen LogP contribution >= 0.6 is 24.0 Å². The van der Waals surface area contributed by atoms with Gasteiger partial charge in [-0.25, -0.2) is 0 Å². The Balaban J connectivity index is 0.00000420. The van der Waals surface area contributed by atoms with E-state index in [1.807, 2.05) is 12.1 Å². The minimum absolute atomic E-state index is 0. The summed E-state index contributed by atoms with van der Waals surface area (Å²) in [5.74, 6) is 3.11. The van der Waals surface area contributed by atoms with E-state index in [0.29, 0.717) is 0 Å². The van der Waals surface area contributed by atoms with Crippen LogP contribution in [0.15, 0.2) is 17.1 Å². The Hall–Kier alpha value is -1.42. The Kier molecular flexibility index (Phi) is 12.8. The first-order chi connectivity index (χ1) is 13.7. The van der Waals surface area contributed by atoms with Crippen LogP contribution in [0.3, 0.4) is 0 Å². The molecule has 0 radical (unpaired) electrons. The van der Waals surface area contributed by atoms with Crippen LogP contribution in [0.2, 0.25) is 0 Å². The maximum atomic E-state index is 5.53. The van der Waals surface area contributed by atoms with Gasteiger partial charge in [0.1, 0.15) is 17.2 Å². The van der Waals surface area contributed by atoms with Crippen molar-refractivity contribution in [2.24, 2.45) is 4.99 Å². The molecule has 1 fully saturated rings. The Morgan fingerprint density at radius 1 is 1.00 bits per heavy atom. The lowest BCUT2D eigenvalue weighted by atomic mass is 10.1. The maximum Gasteiger partial charge on any atom is 0.191 e. The lowest BCUT2D eigenvalue weighted by Crippen LogP contribution is -2.39. The molecule has 0 saturated carbocycles. The molecule has 0 atom stereocenters. The van der Waals surface area contributed by atoms with Crippen molar-refractivity contribution in [3.63, 3.8) is 0 Å². The van der Waals surface area contributed by atoms with E-state index >= 15 is 0 Å². The third-order valence-corrected chi connectivity index (χ3v) is 4.96. The van der Waals surface area contributed by atoms with Gasteiger partial charge in [0, 0.05) is 37.3 Å². The van der Waals surface area contributed by atoms with Crippen LogP contribution in [0.4, 0.5) is 0 Å². The second kappa shape index (κ2) is 14.5. The van der Waals surface area contributed by atoms with E-state index in [9.17, 15) is 0 Å². The lowest BCUT2D eigenvalue weighted by molar-refractivity contribution is 0.235. The molecule has 0 amide bonds. The van der Waals surface area contributed by atoms with Crippen LogP contribution < -0.4 is 24.8 Å². The summed E-state index contributed by atoms with van der Waals surface area (Å²) in [6.07, 6.45) is 4.75. The second-order valence-corrected chi connectivity index (χ2v) is 6.85. The molecule has 1 aliphatic heterocycles. The SMILES string of the molecule is CCNC(=NCCN1CCCCC1)NCCc1c(OC)cc(OC)cc1OC.I. The maximum absolute atomic E-state index is 5.53. The number of hydrogen-bond donors (Lipinski definition) is 2. The number of hydrogen-bond acceptors (Lipinski definition) is 5. The first-order valence-electron chi connectivity index (χ1n) is 10.2. The number of nitrogens with one attached hydrogen (secondary N) is 2. The smallest absolute Gasteiger partial charge is 0.191 e. The number of likely N-dealkylation sites (tertiary alicyclic amines) is 1. The monoisotopic (exact) mass is 520 g/mol. The first kappa shape index (κ1) is 25.6. The van der Waals surface area contributed by atoms with Gasteiger partial charge in [-0.2, -0.15) is 0 Å². The number of piperidine rings is 1. The summed E-state index contributed by atoms with van der Waals surface area (Å²) in [6.45, 7) is 7.89. The molecule has 0 spiro atoms. The standard InChI is InChI=1S/C21H36N4O3.HI/c1-5-22-21(24-11-14-25-12-7-6-8-13-25)23-10-9-18-19(27-3)15-17(26-2)16-20(18)28-4;/h15-16H,5-14H2,1-4H3,(H2,22,23,24);1H. The number of ether oxygens (including phenoxy) is 3. The van der Waals surface area contributed by atoms with Gasteiger partial charge in [-0.1, -0.05) is 6.42 Å².